The average Bonchev–Trinajstić information content (AvgIpc) is 2.76. The molecule has 1 aliphatic heterocycles. The zero-order valence-electron chi connectivity index (χ0n) is 18.7. The molecule has 9 heteroatoms. The second kappa shape index (κ2) is 8.16. The van der Waals surface area contributed by atoms with Crippen LogP contribution in [0.3, 0.4) is 0 Å². The summed E-state index contributed by atoms with van der Waals surface area (Å²) in [7, 11) is 4.42. The summed E-state index contributed by atoms with van der Waals surface area (Å²) in [6, 6.07) is 4.49. The molecule has 1 aliphatic rings. The molecule has 3 aromatic rings. The van der Waals surface area contributed by atoms with Gasteiger partial charge in [-0.15, -0.1) is 0 Å². The maximum atomic E-state index is 12.6. The molecule has 0 radical (unpaired) electrons. The van der Waals surface area contributed by atoms with Gasteiger partial charge in [-0.2, -0.15) is 0 Å². The first-order valence-electron chi connectivity index (χ1n) is 10.1. The van der Waals surface area contributed by atoms with Crippen molar-refractivity contribution in [2.45, 2.75) is 26.2 Å². The van der Waals surface area contributed by atoms with Crippen LogP contribution in [-0.2, 0) is 4.79 Å². The highest BCUT2D eigenvalue weighted by molar-refractivity contribution is 6.09. The van der Waals surface area contributed by atoms with Gasteiger partial charge in [0.2, 0.25) is 0 Å². The Balaban J connectivity index is 2.17. The Bertz CT molecular complexity index is 1370. The molecule has 33 heavy (non-hydrogen) atoms. The van der Waals surface area contributed by atoms with E-state index in [4.69, 9.17) is 23.4 Å². The van der Waals surface area contributed by atoms with Gasteiger partial charge in [-0.05, 0) is 25.5 Å². The number of rotatable bonds is 5. The zero-order chi connectivity index (χ0) is 24.0. The summed E-state index contributed by atoms with van der Waals surface area (Å²) in [5.41, 5.74) is 0.461. The monoisotopic (exact) mass is 454 g/mol. The van der Waals surface area contributed by atoms with Crippen LogP contribution in [0.5, 0.6) is 28.7 Å². The molecule has 1 unspecified atom stereocenters. The largest absolute Gasteiger partial charge is 0.506 e. The van der Waals surface area contributed by atoms with E-state index in [2.05, 4.69) is 0 Å². The maximum Gasteiger partial charge on any atom is 0.336 e. The van der Waals surface area contributed by atoms with E-state index in [1.54, 1.807) is 19.1 Å². The smallest absolute Gasteiger partial charge is 0.336 e. The minimum Gasteiger partial charge on any atom is -0.506 e. The van der Waals surface area contributed by atoms with Gasteiger partial charge >= 0.3 is 11.6 Å². The summed E-state index contributed by atoms with van der Waals surface area (Å²) in [6.45, 7) is 2.88. The van der Waals surface area contributed by atoms with E-state index in [1.807, 2.05) is 0 Å². The van der Waals surface area contributed by atoms with Crippen molar-refractivity contribution in [3.63, 3.8) is 0 Å². The lowest BCUT2D eigenvalue weighted by molar-refractivity contribution is -0.135. The molecule has 0 aliphatic carbocycles. The molecule has 0 saturated heterocycles. The van der Waals surface area contributed by atoms with E-state index in [-0.39, 0.29) is 28.7 Å². The number of esters is 1. The van der Waals surface area contributed by atoms with Gasteiger partial charge in [-0.1, -0.05) is 0 Å². The van der Waals surface area contributed by atoms with Crippen molar-refractivity contribution in [2.75, 3.05) is 21.3 Å². The highest BCUT2D eigenvalue weighted by Gasteiger charge is 2.38. The predicted molar refractivity (Wildman–Crippen MR) is 117 cm³/mol. The number of carbonyl (C=O) groups is 2. The first-order chi connectivity index (χ1) is 15.7. The number of aromatic hydroxyl groups is 1. The average molecular weight is 454 g/mol. The molecule has 4 rings (SSSR count). The first kappa shape index (κ1) is 22.2. The highest BCUT2D eigenvalue weighted by Crippen LogP contribution is 2.52. The summed E-state index contributed by atoms with van der Waals surface area (Å²) in [6.07, 6.45) is -0.131. The third-order valence-corrected chi connectivity index (χ3v) is 5.75. The van der Waals surface area contributed by atoms with Crippen LogP contribution >= 0.6 is 0 Å². The number of methoxy groups -OCH3 is 3. The molecular weight excluding hydrogens is 432 g/mol. The molecule has 0 amide bonds. The third kappa shape index (κ3) is 3.45. The maximum absolute atomic E-state index is 12.6. The predicted octanol–water partition coefficient (Wildman–Crippen LogP) is 3.48. The SMILES string of the molecule is COc1cc(OC)c(C2CC(=O)Oc3c(C(C)=O)c(O)c4c(C)cc(=O)oc4c32)cc1OC. The van der Waals surface area contributed by atoms with Crippen LogP contribution < -0.4 is 24.6 Å². The number of carbonyl (C=O) groups excluding carboxylic acids is 2. The first-order valence-corrected chi connectivity index (χ1v) is 10.1. The van der Waals surface area contributed by atoms with Crippen molar-refractivity contribution in [3.8, 4) is 28.7 Å². The van der Waals surface area contributed by atoms with Gasteiger partial charge in [0.15, 0.2) is 23.0 Å². The molecule has 9 nitrogen and oxygen atoms in total. The van der Waals surface area contributed by atoms with Gasteiger partial charge in [-0.25, -0.2) is 4.79 Å². The highest BCUT2D eigenvalue weighted by atomic mass is 16.5. The lowest BCUT2D eigenvalue weighted by Gasteiger charge is -2.29. The Kier molecular flexibility index (Phi) is 5.49. The van der Waals surface area contributed by atoms with E-state index in [0.717, 1.165) is 0 Å². The number of phenols is 1. The van der Waals surface area contributed by atoms with Gasteiger partial charge in [-0.3, -0.25) is 9.59 Å². The van der Waals surface area contributed by atoms with E-state index < -0.39 is 29.0 Å². The normalized spacial score (nSPS) is 15.1. The summed E-state index contributed by atoms with van der Waals surface area (Å²) in [5.74, 6) is -1.23. The number of hydrogen-bond donors (Lipinski definition) is 1. The Hall–Kier alpha value is -4.01. The molecule has 1 aromatic heterocycles. The van der Waals surface area contributed by atoms with Crippen molar-refractivity contribution in [3.05, 3.63) is 50.9 Å². The van der Waals surface area contributed by atoms with Crippen molar-refractivity contribution in [2.24, 2.45) is 0 Å². The fourth-order valence-corrected chi connectivity index (χ4v) is 4.33. The van der Waals surface area contributed by atoms with Crippen LogP contribution in [0.25, 0.3) is 11.0 Å². The van der Waals surface area contributed by atoms with Crippen LogP contribution in [0.15, 0.2) is 27.4 Å². The van der Waals surface area contributed by atoms with Crippen LogP contribution in [0.4, 0.5) is 0 Å². The van der Waals surface area contributed by atoms with Crippen LogP contribution in [0, 0.1) is 6.92 Å². The summed E-state index contributed by atoms with van der Waals surface area (Å²) < 4.78 is 27.3. The Morgan fingerprint density at radius 2 is 1.67 bits per heavy atom. The number of ether oxygens (including phenoxy) is 4. The fourth-order valence-electron chi connectivity index (χ4n) is 4.33. The summed E-state index contributed by atoms with van der Waals surface area (Å²) in [5, 5.41) is 11.1. The number of ketones is 1. The van der Waals surface area contributed by atoms with Crippen molar-refractivity contribution < 1.29 is 38.1 Å². The molecular formula is C24H22O9. The van der Waals surface area contributed by atoms with E-state index in [0.29, 0.717) is 33.9 Å². The minimum atomic E-state index is -0.734. The van der Waals surface area contributed by atoms with Gasteiger partial charge in [0.1, 0.15) is 22.6 Å². The van der Waals surface area contributed by atoms with Crippen LogP contribution in [0.2, 0.25) is 0 Å². The molecule has 1 atom stereocenters. The third-order valence-electron chi connectivity index (χ3n) is 5.75. The number of Topliss-reactive ketones (excluding diaryl/α,β-unsaturated/α-hetero) is 1. The molecule has 172 valence electrons. The van der Waals surface area contributed by atoms with Crippen LogP contribution in [-0.4, -0.2) is 38.2 Å². The molecule has 2 aromatic carbocycles. The Labute approximate surface area is 188 Å². The molecule has 2 heterocycles. The Morgan fingerprint density at radius 3 is 2.27 bits per heavy atom. The topological polar surface area (TPSA) is 122 Å². The number of aryl methyl sites for hydroxylation is 1. The number of phenolic OH excluding ortho intramolecular Hbond substituents is 1. The quantitative estimate of drug-likeness (QED) is 0.267. The lowest BCUT2D eigenvalue weighted by atomic mass is 9.82. The van der Waals surface area contributed by atoms with E-state index >= 15 is 0 Å². The summed E-state index contributed by atoms with van der Waals surface area (Å²) in [4.78, 5) is 37.4. The van der Waals surface area contributed by atoms with Crippen molar-refractivity contribution in [1.82, 2.24) is 0 Å². The molecule has 0 fully saturated rings. The standard InChI is InChI=1S/C24H22O9/c1-10-6-17(26)32-23-19(10)22(28)20(11(2)25)24-21(23)13(8-18(27)33-24)12-7-15(30-4)16(31-5)9-14(12)29-3/h6-7,9,13,28H,8H2,1-5H3. The number of benzene rings is 2. The van der Waals surface area contributed by atoms with Gasteiger partial charge in [0.05, 0.1) is 33.1 Å². The zero-order valence-corrected chi connectivity index (χ0v) is 18.7. The van der Waals surface area contributed by atoms with Crippen LogP contribution in [0.1, 0.15) is 46.3 Å². The molecule has 1 N–H and O–H groups in total. The van der Waals surface area contributed by atoms with Gasteiger partial charge < -0.3 is 28.5 Å². The minimum absolute atomic E-state index is 0.0341. The van der Waals surface area contributed by atoms with Gasteiger partial charge in [0, 0.05) is 29.2 Å². The molecule has 0 saturated carbocycles. The van der Waals surface area contributed by atoms with Gasteiger partial charge in [0.25, 0.3) is 0 Å². The van der Waals surface area contributed by atoms with E-state index in [1.165, 1.54) is 34.3 Å². The molecule has 0 spiro atoms. The summed E-state index contributed by atoms with van der Waals surface area (Å²) >= 11 is 0. The van der Waals surface area contributed by atoms with Crippen molar-refractivity contribution >= 4 is 22.7 Å². The second-order valence-corrected chi connectivity index (χ2v) is 7.66. The fraction of sp³-hybridized carbons (Fsp3) is 0.292. The number of fused-ring (bicyclic) bond motifs is 3. The second-order valence-electron chi connectivity index (χ2n) is 7.66. The lowest BCUT2D eigenvalue weighted by Crippen LogP contribution is -2.24. The van der Waals surface area contributed by atoms with Crippen molar-refractivity contribution in [1.29, 1.82) is 0 Å². The Morgan fingerprint density at radius 1 is 1.03 bits per heavy atom. The van der Waals surface area contributed by atoms with E-state index in [9.17, 15) is 19.5 Å². The molecule has 0 bridgehead atoms. The number of hydrogen-bond acceptors (Lipinski definition) is 9.